The molecule has 0 unspecified atom stereocenters. The van der Waals surface area contributed by atoms with E-state index in [0.717, 1.165) is 42.9 Å². The maximum atomic E-state index is 15.6. The highest BCUT2D eigenvalue weighted by molar-refractivity contribution is 7.98. The molecule has 3 saturated heterocycles. The molecule has 3 fully saturated rings. The first-order chi connectivity index (χ1) is 21.8. The molecule has 5 atom stereocenters. The van der Waals surface area contributed by atoms with E-state index in [2.05, 4.69) is 4.74 Å². The number of aromatic nitrogens is 1. The molecule has 2 aromatic carbocycles. The highest BCUT2D eigenvalue weighted by Crippen LogP contribution is 2.57. The van der Waals surface area contributed by atoms with Crippen molar-refractivity contribution >= 4 is 23.8 Å². The van der Waals surface area contributed by atoms with E-state index in [9.17, 15) is 18.8 Å². The number of piperidine rings is 1. The zero-order valence-corrected chi connectivity index (χ0v) is 25.1. The Kier molecular flexibility index (Phi) is 6.61. The average Bonchev–Trinajstić information content (AvgIpc) is 3.58. The molecule has 8 rings (SSSR count). The minimum absolute atomic E-state index is 0.0502. The molecule has 3 aromatic rings. The van der Waals surface area contributed by atoms with Gasteiger partial charge in [-0.1, -0.05) is 24.3 Å². The Labute approximate surface area is 260 Å². The van der Waals surface area contributed by atoms with Gasteiger partial charge >= 0.3 is 6.16 Å². The number of fused-ring (bicyclic) bond motifs is 6. The van der Waals surface area contributed by atoms with E-state index in [-0.39, 0.29) is 34.8 Å². The molecule has 1 amide bonds. The molecule has 1 spiro atoms. The molecule has 2 bridgehead atoms. The number of thioether (sulfide) groups is 1. The molecule has 5 aliphatic heterocycles. The monoisotopic (exact) mass is 637 g/mol. The molecule has 10 nitrogen and oxygen atoms in total. The summed E-state index contributed by atoms with van der Waals surface area (Å²) in [4.78, 5) is 41.9. The summed E-state index contributed by atoms with van der Waals surface area (Å²) in [5, 5.41) is 2.01. The topological polar surface area (TPSA) is 99.5 Å². The van der Waals surface area contributed by atoms with Crippen molar-refractivity contribution < 1.29 is 37.3 Å². The van der Waals surface area contributed by atoms with Crippen LogP contribution >= 0.6 is 11.8 Å². The first-order valence-electron chi connectivity index (χ1n) is 14.9. The SMILES string of the molecule is COC(=O)OCOc1c2n(ccc1=O)N([C@H]1c3ccccc3SCc3c1ccc(F)c3F)[C@@H]1[C@H]3C[C@@H]4CC[C@@]3(CCN1C2=O)O4. The Morgan fingerprint density at radius 2 is 1.96 bits per heavy atom. The van der Waals surface area contributed by atoms with Crippen molar-refractivity contribution in [2.24, 2.45) is 5.92 Å². The smallest absolute Gasteiger partial charge is 0.451 e. The van der Waals surface area contributed by atoms with Crippen LogP contribution in [0.1, 0.15) is 58.9 Å². The number of hydrogen-bond acceptors (Lipinski definition) is 9. The summed E-state index contributed by atoms with van der Waals surface area (Å²) in [5.41, 5.74) is 0.612. The van der Waals surface area contributed by atoms with Crippen molar-refractivity contribution in [2.75, 3.05) is 25.5 Å². The molecule has 0 aliphatic carbocycles. The second-order valence-electron chi connectivity index (χ2n) is 11.9. The zero-order chi connectivity index (χ0) is 31.0. The number of amides is 1. The molecular weight excluding hydrogens is 608 g/mol. The minimum Gasteiger partial charge on any atom is -0.451 e. The quantitative estimate of drug-likeness (QED) is 0.298. The van der Waals surface area contributed by atoms with Gasteiger partial charge in [-0.05, 0) is 48.9 Å². The fourth-order valence-electron chi connectivity index (χ4n) is 7.99. The van der Waals surface area contributed by atoms with Gasteiger partial charge in [0.05, 0.1) is 24.9 Å². The highest BCUT2D eigenvalue weighted by Gasteiger charge is 2.63. The van der Waals surface area contributed by atoms with Gasteiger partial charge in [0.2, 0.25) is 18.0 Å². The third kappa shape index (κ3) is 4.19. The van der Waals surface area contributed by atoms with E-state index in [0.29, 0.717) is 18.5 Å². The van der Waals surface area contributed by atoms with E-state index in [1.165, 1.54) is 24.0 Å². The predicted molar refractivity (Wildman–Crippen MR) is 156 cm³/mol. The number of rotatable bonds is 4. The van der Waals surface area contributed by atoms with Crippen LogP contribution in [0.25, 0.3) is 0 Å². The number of carbonyl (C=O) groups excluding carboxylic acids is 2. The second-order valence-corrected chi connectivity index (χ2v) is 13.0. The largest absolute Gasteiger partial charge is 0.510 e. The number of halogens is 2. The first kappa shape index (κ1) is 28.4. The standard InChI is InChI=1S/C32H29F2N3O7S/c1-41-31(40)43-16-42-28-23(38)9-12-36-27(28)30(39)35-13-11-32-10-8-17(44-32)14-21(32)29(35)37(36)26-18-6-7-22(33)25(34)20(18)15-45-24-5-3-2-4-19(24)26/h2-7,9,12,17,21,26,29H,8,10-11,13-16H2,1H3/t17-,21+,26+,29+,32-/m0/s1. The Morgan fingerprint density at radius 1 is 1.11 bits per heavy atom. The Bertz CT molecular complexity index is 1800. The third-order valence-corrected chi connectivity index (χ3v) is 11.0. The van der Waals surface area contributed by atoms with Crippen LogP contribution in [0.15, 0.2) is 58.4 Å². The van der Waals surface area contributed by atoms with Gasteiger partial charge in [0, 0.05) is 40.9 Å². The van der Waals surface area contributed by atoms with Gasteiger partial charge in [0.25, 0.3) is 5.91 Å². The van der Waals surface area contributed by atoms with Crippen LogP contribution in [0.2, 0.25) is 0 Å². The highest BCUT2D eigenvalue weighted by atomic mass is 32.2. The number of methoxy groups -OCH3 is 1. The Balaban J connectivity index is 1.37. The molecule has 13 heteroatoms. The van der Waals surface area contributed by atoms with Gasteiger partial charge < -0.3 is 23.8 Å². The van der Waals surface area contributed by atoms with Gasteiger partial charge in [-0.15, -0.1) is 11.8 Å². The van der Waals surface area contributed by atoms with E-state index in [4.69, 9.17) is 14.2 Å². The molecule has 0 radical (unpaired) electrons. The van der Waals surface area contributed by atoms with Gasteiger partial charge in [0.15, 0.2) is 17.3 Å². The van der Waals surface area contributed by atoms with Crippen molar-refractivity contribution in [1.82, 2.24) is 9.58 Å². The van der Waals surface area contributed by atoms with Crippen molar-refractivity contribution in [2.45, 2.75) is 60.2 Å². The molecular formula is C32H29F2N3O7S. The van der Waals surface area contributed by atoms with Crippen LogP contribution in [0, 0.1) is 17.6 Å². The zero-order valence-electron chi connectivity index (χ0n) is 24.2. The molecule has 1 aromatic heterocycles. The van der Waals surface area contributed by atoms with Gasteiger partial charge in [-0.25, -0.2) is 13.6 Å². The van der Waals surface area contributed by atoms with Crippen molar-refractivity contribution in [3.63, 3.8) is 0 Å². The maximum Gasteiger partial charge on any atom is 0.510 e. The number of hydrogen-bond donors (Lipinski definition) is 0. The lowest BCUT2D eigenvalue weighted by molar-refractivity contribution is -0.0758. The molecule has 0 saturated carbocycles. The average molecular weight is 638 g/mol. The second kappa shape index (κ2) is 10.5. The minimum atomic E-state index is -1.01. The predicted octanol–water partition coefficient (Wildman–Crippen LogP) is 4.70. The van der Waals surface area contributed by atoms with Crippen LogP contribution in [-0.2, 0) is 20.0 Å². The molecule has 0 N–H and O–H groups in total. The lowest BCUT2D eigenvalue weighted by atomic mass is 9.71. The van der Waals surface area contributed by atoms with Crippen LogP contribution < -0.4 is 15.2 Å². The fraction of sp³-hybridized carbons (Fsp3) is 0.406. The van der Waals surface area contributed by atoms with Crippen molar-refractivity contribution in [3.8, 4) is 5.75 Å². The molecule has 5 aliphatic rings. The summed E-state index contributed by atoms with van der Waals surface area (Å²) in [6, 6.07) is 11.1. The van der Waals surface area contributed by atoms with Crippen molar-refractivity contribution in [1.29, 1.82) is 0 Å². The van der Waals surface area contributed by atoms with Crippen molar-refractivity contribution in [3.05, 3.63) is 92.9 Å². The maximum absolute atomic E-state index is 15.6. The van der Waals surface area contributed by atoms with Crippen LogP contribution in [0.3, 0.4) is 0 Å². The van der Waals surface area contributed by atoms with E-state index in [1.54, 1.807) is 15.6 Å². The number of nitrogens with zero attached hydrogens (tertiary/aromatic N) is 3. The molecule has 6 heterocycles. The summed E-state index contributed by atoms with van der Waals surface area (Å²) in [7, 11) is 1.14. The normalized spacial score (nSPS) is 27.5. The van der Waals surface area contributed by atoms with E-state index in [1.807, 2.05) is 29.3 Å². The summed E-state index contributed by atoms with van der Waals surface area (Å²) in [6.07, 6.45) is 3.26. The first-order valence-corrected chi connectivity index (χ1v) is 15.8. The molecule has 45 heavy (non-hydrogen) atoms. The Hall–Kier alpha value is -4.10. The van der Waals surface area contributed by atoms with E-state index < -0.39 is 53.7 Å². The number of ether oxygens (including phenoxy) is 4. The fourth-order valence-corrected chi connectivity index (χ4v) is 9.10. The third-order valence-electron chi connectivity index (χ3n) is 9.88. The summed E-state index contributed by atoms with van der Waals surface area (Å²) >= 11 is 1.42. The molecule has 234 valence electrons. The summed E-state index contributed by atoms with van der Waals surface area (Å²) in [6.45, 7) is -0.300. The summed E-state index contributed by atoms with van der Waals surface area (Å²) in [5.74, 6) is -2.41. The number of carbonyl (C=O) groups is 2. The lowest BCUT2D eigenvalue weighted by Crippen LogP contribution is -2.70. The van der Waals surface area contributed by atoms with Crippen LogP contribution in [-0.4, -0.2) is 60.0 Å². The lowest BCUT2D eigenvalue weighted by Gasteiger charge is -2.57. The van der Waals surface area contributed by atoms with Crippen LogP contribution in [0.4, 0.5) is 13.6 Å². The number of benzene rings is 2. The number of pyridine rings is 1. The van der Waals surface area contributed by atoms with Gasteiger partial charge in [0.1, 0.15) is 6.17 Å². The Morgan fingerprint density at radius 3 is 2.78 bits per heavy atom. The van der Waals surface area contributed by atoms with Crippen LogP contribution in [0.5, 0.6) is 5.75 Å². The van der Waals surface area contributed by atoms with Gasteiger partial charge in [-0.3, -0.25) is 19.3 Å². The van der Waals surface area contributed by atoms with E-state index >= 15 is 4.39 Å². The summed E-state index contributed by atoms with van der Waals surface area (Å²) < 4.78 is 53.5. The van der Waals surface area contributed by atoms with Gasteiger partial charge in [-0.2, -0.15) is 0 Å².